The van der Waals surface area contributed by atoms with Crippen LogP contribution in [0.1, 0.15) is 71.3 Å². The fourth-order valence-electron chi connectivity index (χ4n) is 4.81. The molecule has 2 saturated heterocycles. The first-order valence-electron chi connectivity index (χ1n) is 13.3. The van der Waals surface area contributed by atoms with Crippen LogP contribution in [0.25, 0.3) is 0 Å². The zero-order valence-corrected chi connectivity index (χ0v) is 23.3. The summed E-state index contributed by atoms with van der Waals surface area (Å²) in [5.41, 5.74) is -1.57. The molecule has 0 aromatic carbocycles. The van der Waals surface area contributed by atoms with E-state index in [1.165, 1.54) is 6.07 Å². The summed E-state index contributed by atoms with van der Waals surface area (Å²) in [6.07, 6.45) is 1.71. The van der Waals surface area contributed by atoms with Crippen molar-refractivity contribution in [3.05, 3.63) is 11.8 Å². The molecule has 210 valence electrons. The molecule has 0 atom stereocenters. The Hall–Kier alpha value is -3.31. The lowest BCUT2D eigenvalue weighted by molar-refractivity contribution is 0.0105. The molecular weight excluding hydrogens is 492 g/mol. The third kappa shape index (κ3) is 6.57. The summed E-state index contributed by atoms with van der Waals surface area (Å²) in [5, 5.41) is 9.78. The van der Waals surface area contributed by atoms with Crippen molar-refractivity contribution in [2.75, 3.05) is 55.6 Å². The monoisotopic (exact) mass is 532 g/mol. The first kappa shape index (κ1) is 27.7. The quantitative estimate of drug-likeness (QED) is 0.619. The van der Waals surface area contributed by atoms with E-state index in [4.69, 9.17) is 14.5 Å². The number of anilines is 2. The highest BCUT2D eigenvalue weighted by molar-refractivity contribution is 5.86. The molecule has 1 aromatic heterocycles. The number of hydrogen-bond acceptors (Lipinski definition) is 9. The number of nitrogens with zero attached hydrogens (tertiary/aromatic N) is 6. The molecule has 0 radical (unpaired) electrons. The maximum absolute atomic E-state index is 12.8. The normalized spacial score (nSPS) is 19.7. The van der Waals surface area contributed by atoms with E-state index >= 15 is 0 Å². The van der Waals surface area contributed by atoms with Gasteiger partial charge < -0.3 is 29.3 Å². The van der Waals surface area contributed by atoms with Crippen LogP contribution in [0.3, 0.4) is 0 Å². The van der Waals surface area contributed by atoms with Crippen molar-refractivity contribution in [1.82, 2.24) is 19.8 Å². The molecule has 1 aromatic rings. The van der Waals surface area contributed by atoms with Gasteiger partial charge in [0.15, 0.2) is 5.69 Å². The predicted molar refractivity (Wildman–Crippen MR) is 141 cm³/mol. The van der Waals surface area contributed by atoms with Gasteiger partial charge in [0.2, 0.25) is 5.95 Å². The molecule has 2 aliphatic heterocycles. The molecule has 2 amide bonds. The van der Waals surface area contributed by atoms with Crippen LogP contribution in [0.4, 0.5) is 21.4 Å². The molecule has 1 saturated carbocycles. The van der Waals surface area contributed by atoms with Crippen molar-refractivity contribution in [3.8, 4) is 0 Å². The Morgan fingerprint density at radius 1 is 0.842 bits per heavy atom. The molecule has 3 heterocycles. The molecule has 1 aliphatic carbocycles. The van der Waals surface area contributed by atoms with Gasteiger partial charge >= 0.3 is 18.2 Å². The van der Waals surface area contributed by atoms with Crippen LogP contribution in [0.2, 0.25) is 0 Å². The van der Waals surface area contributed by atoms with Crippen LogP contribution in [0.5, 0.6) is 0 Å². The topological polar surface area (TPSA) is 129 Å². The number of carbonyl (C=O) groups is 3. The molecule has 3 fully saturated rings. The van der Waals surface area contributed by atoms with Gasteiger partial charge in [-0.2, -0.15) is 4.98 Å². The first-order chi connectivity index (χ1) is 17.7. The molecule has 0 bridgehead atoms. The fraction of sp³-hybridized carbons (Fsp3) is 0.731. The number of aromatic nitrogens is 2. The molecule has 0 unspecified atom stereocenters. The number of amides is 2. The van der Waals surface area contributed by atoms with E-state index in [0.29, 0.717) is 64.0 Å². The van der Waals surface area contributed by atoms with Gasteiger partial charge in [0.25, 0.3) is 0 Å². The number of piperazine rings is 1. The molecule has 4 rings (SSSR count). The predicted octanol–water partition coefficient (Wildman–Crippen LogP) is 3.21. The maximum Gasteiger partial charge on any atom is 0.410 e. The molecule has 3 aliphatic rings. The van der Waals surface area contributed by atoms with Crippen molar-refractivity contribution in [1.29, 1.82) is 0 Å². The highest BCUT2D eigenvalue weighted by atomic mass is 16.6. The Bertz CT molecular complexity index is 1080. The average Bonchev–Trinajstić information content (AvgIpc) is 3.59. The zero-order valence-electron chi connectivity index (χ0n) is 23.3. The van der Waals surface area contributed by atoms with E-state index in [1.54, 1.807) is 4.90 Å². The van der Waals surface area contributed by atoms with Crippen LogP contribution in [0, 0.1) is 0 Å². The molecule has 12 nitrogen and oxygen atoms in total. The van der Waals surface area contributed by atoms with E-state index in [2.05, 4.69) is 4.98 Å². The van der Waals surface area contributed by atoms with Gasteiger partial charge in [-0.25, -0.2) is 19.4 Å². The smallest absolute Gasteiger partial charge is 0.410 e. The Morgan fingerprint density at radius 3 is 2.08 bits per heavy atom. The van der Waals surface area contributed by atoms with Gasteiger partial charge in [-0.15, -0.1) is 0 Å². The maximum atomic E-state index is 12.8. The zero-order chi connectivity index (χ0) is 27.9. The number of carbonyl (C=O) groups excluding carboxylic acids is 2. The van der Waals surface area contributed by atoms with Gasteiger partial charge in [-0.3, -0.25) is 4.90 Å². The summed E-state index contributed by atoms with van der Waals surface area (Å²) in [5.74, 6) is -0.283. The van der Waals surface area contributed by atoms with Crippen LogP contribution in [0.15, 0.2) is 6.07 Å². The van der Waals surface area contributed by atoms with Crippen LogP contribution < -0.4 is 9.80 Å². The van der Waals surface area contributed by atoms with E-state index in [-0.39, 0.29) is 23.4 Å². The number of aromatic carboxylic acids is 1. The summed E-state index contributed by atoms with van der Waals surface area (Å²) in [6, 6.07) is 1.50. The summed E-state index contributed by atoms with van der Waals surface area (Å²) < 4.78 is 11.1. The standard InChI is InChI=1S/C26H40N6O6/c1-24(2,3)37-22(35)30-11-7-10-29(12-13-30)21-27-18(20(33)34)16-19(28-21)31-14-15-32(26(17-31)8-9-26)23(36)38-25(4,5)6/h16H,7-15,17H2,1-6H3,(H,33,34). The molecule has 1 N–H and O–H groups in total. The lowest BCUT2D eigenvalue weighted by Gasteiger charge is -2.43. The second-order valence-corrected chi connectivity index (χ2v) is 12.3. The third-order valence-corrected chi connectivity index (χ3v) is 6.77. The van der Waals surface area contributed by atoms with Crippen molar-refractivity contribution < 1.29 is 29.0 Å². The molecule has 12 heteroatoms. The van der Waals surface area contributed by atoms with Gasteiger partial charge in [-0.05, 0) is 60.8 Å². The summed E-state index contributed by atoms with van der Waals surface area (Å²) in [7, 11) is 0. The van der Waals surface area contributed by atoms with E-state index in [9.17, 15) is 19.5 Å². The average molecular weight is 533 g/mol. The second-order valence-electron chi connectivity index (χ2n) is 12.3. The number of carboxylic acids is 1. The lowest BCUT2D eigenvalue weighted by atomic mass is 10.1. The van der Waals surface area contributed by atoms with Crippen molar-refractivity contribution in [2.45, 2.75) is 77.5 Å². The number of ether oxygens (including phenoxy) is 2. The number of rotatable bonds is 3. The number of carboxylic acid groups (broad SMARTS) is 1. The van der Waals surface area contributed by atoms with Gasteiger partial charge in [0.05, 0.1) is 5.54 Å². The van der Waals surface area contributed by atoms with Crippen LogP contribution >= 0.6 is 0 Å². The van der Waals surface area contributed by atoms with E-state index < -0.39 is 17.2 Å². The molecule has 1 spiro atoms. The Kier molecular flexibility index (Phi) is 7.37. The minimum Gasteiger partial charge on any atom is -0.477 e. The lowest BCUT2D eigenvalue weighted by Crippen LogP contribution is -2.58. The fourth-order valence-corrected chi connectivity index (χ4v) is 4.81. The highest BCUT2D eigenvalue weighted by Gasteiger charge is 2.54. The van der Waals surface area contributed by atoms with Crippen molar-refractivity contribution in [2.24, 2.45) is 0 Å². The molecule has 38 heavy (non-hydrogen) atoms. The van der Waals surface area contributed by atoms with Crippen molar-refractivity contribution in [3.63, 3.8) is 0 Å². The third-order valence-electron chi connectivity index (χ3n) is 6.77. The summed E-state index contributed by atoms with van der Waals surface area (Å²) in [4.78, 5) is 53.9. The minimum absolute atomic E-state index is 0.0855. The van der Waals surface area contributed by atoms with E-state index in [1.807, 2.05) is 56.2 Å². The van der Waals surface area contributed by atoms with Gasteiger partial charge in [0.1, 0.15) is 17.0 Å². The Balaban J connectivity index is 1.50. The van der Waals surface area contributed by atoms with Crippen LogP contribution in [-0.2, 0) is 9.47 Å². The van der Waals surface area contributed by atoms with Gasteiger partial charge in [0, 0.05) is 51.9 Å². The van der Waals surface area contributed by atoms with Gasteiger partial charge in [-0.1, -0.05) is 0 Å². The van der Waals surface area contributed by atoms with Crippen molar-refractivity contribution >= 4 is 29.9 Å². The van der Waals surface area contributed by atoms with Crippen LogP contribution in [-0.4, -0.2) is 106 Å². The Morgan fingerprint density at radius 2 is 1.47 bits per heavy atom. The summed E-state index contributed by atoms with van der Waals surface area (Å²) in [6.45, 7) is 14.6. The number of hydrogen-bond donors (Lipinski definition) is 1. The second kappa shape index (κ2) is 10.1. The SMILES string of the molecule is CC(C)(C)OC(=O)N1CCCN(c2nc(C(=O)O)cc(N3CCN(C(=O)OC(C)(C)C)C4(CC4)C3)n2)CC1. The minimum atomic E-state index is -1.13. The van der Waals surface area contributed by atoms with E-state index in [0.717, 1.165) is 12.8 Å². The Labute approximate surface area is 223 Å². The summed E-state index contributed by atoms with van der Waals surface area (Å²) >= 11 is 0. The highest BCUT2D eigenvalue weighted by Crippen LogP contribution is 2.45. The largest absolute Gasteiger partial charge is 0.477 e. The first-order valence-corrected chi connectivity index (χ1v) is 13.3. The molecular formula is C26H40N6O6.